The fourth-order valence-electron chi connectivity index (χ4n) is 3.71. The maximum atomic E-state index is 5.41. The Morgan fingerprint density at radius 2 is 1.86 bits per heavy atom. The normalized spacial score (nSPS) is 18.3. The van der Waals surface area contributed by atoms with Crippen molar-refractivity contribution < 1.29 is 9.47 Å². The lowest BCUT2D eigenvalue weighted by Gasteiger charge is -2.27. The molecular weight excluding hydrogens is 366 g/mol. The van der Waals surface area contributed by atoms with Crippen LogP contribution in [0.5, 0.6) is 11.5 Å². The molecule has 0 aromatic heterocycles. The van der Waals surface area contributed by atoms with Gasteiger partial charge in [0.1, 0.15) is 11.5 Å². The minimum atomic E-state index is 0.348. The SMILES string of the molecule is CN=C(NCC(CC(C)C)N(C)C)NC1CCN(c2cc(OC)cc(OC)c2)C1. The van der Waals surface area contributed by atoms with Gasteiger partial charge >= 0.3 is 0 Å². The van der Waals surface area contributed by atoms with Crippen molar-refractivity contribution in [3.8, 4) is 11.5 Å². The van der Waals surface area contributed by atoms with Crippen molar-refractivity contribution in [2.24, 2.45) is 10.9 Å². The Labute approximate surface area is 176 Å². The van der Waals surface area contributed by atoms with E-state index < -0.39 is 0 Å². The van der Waals surface area contributed by atoms with Crippen LogP contribution in [0.1, 0.15) is 26.7 Å². The van der Waals surface area contributed by atoms with Crippen LogP contribution < -0.4 is 25.0 Å². The Balaban J connectivity index is 1.92. The third kappa shape index (κ3) is 6.99. The average Bonchev–Trinajstić information content (AvgIpc) is 3.17. The van der Waals surface area contributed by atoms with Crippen LogP contribution >= 0.6 is 0 Å². The molecule has 29 heavy (non-hydrogen) atoms. The van der Waals surface area contributed by atoms with E-state index in [9.17, 15) is 0 Å². The zero-order valence-corrected chi connectivity index (χ0v) is 19.2. The summed E-state index contributed by atoms with van der Waals surface area (Å²) < 4.78 is 10.8. The standard InChI is InChI=1S/C22H39N5O2/c1-16(2)10-19(26(4)5)14-24-22(23-3)25-17-8-9-27(15-17)18-11-20(28-6)13-21(12-18)29-7/h11-13,16-17,19H,8-10,14-15H2,1-7H3,(H2,23,24,25). The molecule has 0 amide bonds. The molecule has 1 heterocycles. The van der Waals surface area contributed by atoms with Crippen LogP contribution in [0, 0.1) is 5.92 Å². The van der Waals surface area contributed by atoms with Gasteiger partial charge in [0.15, 0.2) is 5.96 Å². The van der Waals surface area contributed by atoms with E-state index in [1.165, 1.54) is 0 Å². The first-order valence-corrected chi connectivity index (χ1v) is 10.5. The van der Waals surface area contributed by atoms with Gasteiger partial charge in [-0.25, -0.2) is 0 Å². The van der Waals surface area contributed by atoms with E-state index >= 15 is 0 Å². The molecule has 0 radical (unpaired) electrons. The van der Waals surface area contributed by atoms with Crippen LogP contribution in [0.25, 0.3) is 0 Å². The van der Waals surface area contributed by atoms with E-state index in [2.05, 4.69) is 65.5 Å². The molecule has 0 bridgehead atoms. The van der Waals surface area contributed by atoms with Gasteiger partial charge in [-0.15, -0.1) is 0 Å². The molecule has 2 rings (SSSR count). The highest BCUT2D eigenvalue weighted by Gasteiger charge is 2.24. The molecule has 7 heteroatoms. The largest absolute Gasteiger partial charge is 0.497 e. The second kappa shape index (κ2) is 11.1. The van der Waals surface area contributed by atoms with Crippen LogP contribution in [-0.2, 0) is 0 Å². The molecule has 1 aliphatic heterocycles. The molecule has 2 atom stereocenters. The van der Waals surface area contributed by atoms with Gasteiger partial charge in [0.2, 0.25) is 0 Å². The van der Waals surface area contributed by atoms with Gasteiger partial charge < -0.3 is 29.9 Å². The number of nitrogens with one attached hydrogen (secondary N) is 2. The van der Waals surface area contributed by atoms with Crippen molar-refractivity contribution in [3.63, 3.8) is 0 Å². The number of rotatable bonds is 9. The lowest BCUT2D eigenvalue weighted by molar-refractivity contribution is 0.254. The Morgan fingerprint density at radius 1 is 1.21 bits per heavy atom. The molecule has 1 aromatic rings. The fourth-order valence-corrected chi connectivity index (χ4v) is 3.71. The van der Waals surface area contributed by atoms with Gasteiger partial charge in [-0.2, -0.15) is 0 Å². The van der Waals surface area contributed by atoms with Crippen molar-refractivity contribution >= 4 is 11.6 Å². The lowest BCUT2D eigenvalue weighted by atomic mass is 10.0. The van der Waals surface area contributed by atoms with Crippen molar-refractivity contribution in [1.82, 2.24) is 15.5 Å². The molecular formula is C22H39N5O2. The number of anilines is 1. The van der Waals surface area contributed by atoms with E-state index in [4.69, 9.17) is 9.47 Å². The smallest absolute Gasteiger partial charge is 0.191 e. The van der Waals surface area contributed by atoms with Gasteiger partial charge in [-0.3, -0.25) is 4.99 Å². The molecule has 1 aliphatic rings. The monoisotopic (exact) mass is 405 g/mol. The van der Waals surface area contributed by atoms with Gasteiger partial charge in [0.25, 0.3) is 0 Å². The van der Waals surface area contributed by atoms with Gasteiger partial charge in [-0.1, -0.05) is 13.8 Å². The van der Waals surface area contributed by atoms with E-state index in [0.717, 1.165) is 55.6 Å². The number of hydrogen-bond acceptors (Lipinski definition) is 5. The number of likely N-dealkylation sites (N-methyl/N-ethyl adjacent to an activating group) is 1. The maximum Gasteiger partial charge on any atom is 0.191 e. The number of benzene rings is 1. The topological polar surface area (TPSA) is 61.4 Å². The minimum Gasteiger partial charge on any atom is -0.497 e. The third-order valence-corrected chi connectivity index (χ3v) is 5.43. The first-order valence-electron chi connectivity index (χ1n) is 10.5. The maximum absolute atomic E-state index is 5.41. The quantitative estimate of drug-likeness (QED) is 0.486. The predicted molar refractivity (Wildman–Crippen MR) is 122 cm³/mol. The van der Waals surface area contributed by atoms with Gasteiger partial charge in [0.05, 0.1) is 14.2 Å². The lowest BCUT2D eigenvalue weighted by Crippen LogP contribution is -2.49. The number of guanidine groups is 1. The van der Waals surface area contributed by atoms with Crippen molar-refractivity contribution in [2.45, 2.75) is 38.8 Å². The summed E-state index contributed by atoms with van der Waals surface area (Å²) in [5.41, 5.74) is 1.12. The zero-order valence-electron chi connectivity index (χ0n) is 19.2. The molecule has 0 spiro atoms. The highest BCUT2D eigenvalue weighted by Crippen LogP contribution is 2.30. The Hall–Kier alpha value is -2.15. The molecule has 0 saturated carbocycles. The second-order valence-corrected chi connectivity index (χ2v) is 8.35. The van der Waals surface area contributed by atoms with Gasteiger partial charge in [0, 0.05) is 62.7 Å². The molecule has 0 aliphatic carbocycles. The molecule has 2 unspecified atom stereocenters. The summed E-state index contributed by atoms with van der Waals surface area (Å²) in [7, 11) is 9.48. The highest BCUT2D eigenvalue weighted by molar-refractivity contribution is 5.80. The van der Waals surface area contributed by atoms with Gasteiger partial charge in [-0.05, 0) is 32.9 Å². The number of nitrogens with zero attached hydrogens (tertiary/aromatic N) is 3. The second-order valence-electron chi connectivity index (χ2n) is 8.35. The summed E-state index contributed by atoms with van der Waals surface area (Å²) in [5, 5.41) is 7.10. The van der Waals surface area contributed by atoms with E-state index in [0.29, 0.717) is 18.0 Å². The van der Waals surface area contributed by atoms with Crippen LogP contribution in [0.3, 0.4) is 0 Å². The highest BCUT2D eigenvalue weighted by atomic mass is 16.5. The number of hydrogen-bond donors (Lipinski definition) is 2. The Morgan fingerprint density at radius 3 is 2.38 bits per heavy atom. The van der Waals surface area contributed by atoms with Crippen molar-refractivity contribution in [3.05, 3.63) is 18.2 Å². The van der Waals surface area contributed by atoms with E-state index in [-0.39, 0.29) is 0 Å². The summed E-state index contributed by atoms with van der Waals surface area (Å²) in [5.74, 6) is 3.17. The number of aliphatic imine (C=N–C) groups is 1. The average molecular weight is 406 g/mol. The predicted octanol–water partition coefficient (Wildman–Crippen LogP) is 2.42. The van der Waals surface area contributed by atoms with Crippen LogP contribution in [0.4, 0.5) is 5.69 Å². The molecule has 164 valence electrons. The zero-order chi connectivity index (χ0) is 21.4. The summed E-state index contributed by atoms with van der Waals surface area (Å²) in [4.78, 5) is 9.08. The van der Waals surface area contributed by atoms with Crippen molar-refractivity contribution in [1.29, 1.82) is 0 Å². The van der Waals surface area contributed by atoms with Crippen molar-refractivity contribution in [2.75, 3.05) is 59.9 Å². The molecule has 7 nitrogen and oxygen atoms in total. The summed E-state index contributed by atoms with van der Waals surface area (Å²) in [6.45, 7) is 7.32. The van der Waals surface area contributed by atoms with Crippen LogP contribution in [-0.4, -0.2) is 77.9 Å². The summed E-state index contributed by atoms with van der Waals surface area (Å²) in [6, 6.07) is 6.86. The first kappa shape index (κ1) is 23.1. The molecule has 2 N–H and O–H groups in total. The van der Waals surface area contributed by atoms with E-state index in [1.807, 2.05) is 13.1 Å². The van der Waals surface area contributed by atoms with Crippen LogP contribution in [0.2, 0.25) is 0 Å². The fraction of sp³-hybridized carbons (Fsp3) is 0.682. The third-order valence-electron chi connectivity index (χ3n) is 5.43. The minimum absolute atomic E-state index is 0.348. The Bertz CT molecular complexity index is 640. The molecule has 1 fully saturated rings. The summed E-state index contributed by atoms with van der Waals surface area (Å²) >= 11 is 0. The summed E-state index contributed by atoms with van der Waals surface area (Å²) in [6.07, 6.45) is 2.22. The molecule has 1 aromatic carbocycles. The Kier molecular flexibility index (Phi) is 8.89. The molecule has 1 saturated heterocycles. The number of ether oxygens (including phenoxy) is 2. The first-order chi connectivity index (χ1) is 13.9. The number of methoxy groups -OCH3 is 2. The van der Waals surface area contributed by atoms with E-state index in [1.54, 1.807) is 14.2 Å². The van der Waals surface area contributed by atoms with Crippen LogP contribution in [0.15, 0.2) is 23.2 Å².